The number of amides is 2. The Hall–Kier alpha value is -3.56. The molecule has 0 saturated heterocycles. The molecule has 0 bridgehead atoms. The number of nitrogens with one attached hydrogen (secondary N) is 2. The molecule has 170 valence electrons. The molecule has 7 nitrogen and oxygen atoms in total. The second kappa shape index (κ2) is 9.74. The first-order valence-corrected chi connectivity index (χ1v) is 12.2. The molecule has 0 unspecified atom stereocenters. The highest BCUT2D eigenvalue weighted by Crippen LogP contribution is 2.44. The third kappa shape index (κ3) is 4.71. The molecule has 1 aromatic heterocycles. The maximum Gasteiger partial charge on any atom is 0.251 e. The first-order chi connectivity index (χ1) is 16.6. The number of aromatic nitrogens is 2. The summed E-state index contributed by atoms with van der Waals surface area (Å²) < 4.78 is 6.82. The van der Waals surface area contributed by atoms with Gasteiger partial charge < -0.3 is 10.1 Å². The number of fused-ring (bicyclic) bond motifs is 2. The summed E-state index contributed by atoms with van der Waals surface area (Å²) in [4.78, 5) is 25.6. The molecule has 2 N–H and O–H groups in total. The van der Waals surface area contributed by atoms with Gasteiger partial charge in [-0.15, -0.1) is 10.2 Å². The van der Waals surface area contributed by atoms with Crippen molar-refractivity contribution in [2.24, 2.45) is 0 Å². The second-order valence-corrected chi connectivity index (χ2v) is 9.59. The van der Waals surface area contributed by atoms with Gasteiger partial charge in [-0.2, -0.15) is 0 Å². The first-order valence-electron chi connectivity index (χ1n) is 10.6. The van der Waals surface area contributed by atoms with Crippen LogP contribution in [0.2, 0.25) is 0 Å². The number of ether oxygens (including phenoxy) is 1. The lowest BCUT2D eigenvalue weighted by molar-refractivity contribution is -0.116. The van der Waals surface area contributed by atoms with Gasteiger partial charge in [0.15, 0.2) is 0 Å². The van der Waals surface area contributed by atoms with Crippen LogP contribution in [-0.4, -0.2) is 28.6 Å². The van der Waals surface area contributed by atoms with Crippen LogP contribution in [0.25, 0.3) is 0 Å². The zero-order chi connectivity index (χ0) is 23.5. The Balaban J connectivity index is 1.24. The average Bonchev–Trinajstić information content (AvgIpc) is 3.29. The van der Waals surface area contributed by atoms with E-state index in [-0.39, 0.29) is 11.8 Å². The Labute approximate surface area is 208 Å². The van der Waals surface area contributed by atoms with Crippen LogP contribution in [0.15, 0.2) is 77.3 Å². The van der Waals surface area contributed by atoms with Gasteiger partial charge >= 0.3 is 0 Å². The molecule has 2 heterocycles. The lowest BCUT2D eigenvalue weighted by Gasteiger charge is -2.27. The molecule has 9 heteroatoms. The van der Waals surface area contributed by atoms with Crippen LogP contribution in [0.4, 0.5) is 5.13 Å². The Morgan fingerprint density at radius 1 is 0.941 bits per heavy atom. The van der Waals surface area contributed by atoms with Crippen molar-refractivity contribution in [1.82, 2.24) is 15.5 Å². The van der Waals surface area contributed by atoms with Crippen molar-refractivity contribution in [3.8, 4) is 11.5 Å². The van der Waals surface area contributed by atoms with Gasteiger partial charge in [0.2, 0.25) is 11.0 Å². The van der Waals surface area contributed by atoms with Crippen LogP contribution < -0.4 is 15.4 Å². The monoisotopic (exact) mass is 534 g/mol. The molecular formula is C25H19BrN4O3S. The summed E-state index contributed by atoms with van der Waals surface area (Å²) >= 11 is 4.66. The van der Waals surface area contributed by atoms with Gasteiger partial charge in [0.05, 0.1) is 5.92 Å². The van der Waals surface area contributed by atoms with Crippen LogP contribution in [0.1, 0.15) is 32.4 Å². The van der Waals surface area contributed by atoms with Crippen LogP contribution >= 0.6 is 27.3 Å². The van der Waals surface area contributed by atoms with E-state index in [4.69, 9.17) is 4.74 Å². The molecule has 0 fully saturated rings. The Kier molecular flexibility index (Phi) is 6.37. The van der Waals surface area contributed by atoms with E-state index in [1.54, 1.807) is 12.1 Å². The minimum atomic E-state index is -0.516. The molecule has 0 spiro atoms. The van der Waals surface area contributed by atoms with Gasteiger partial charge in [0.1, 0.15) is 16.5 Å². The maximum absolute atomic E-state index is 13.3. The van der Waals surface area contributed by atoms with E-state index in [2.05, 4.69) is 36.8 Å². The number of hydrogen-bond donors (Lipinski definition) is 2. The maximum atomic E-state index is 13.3. The van der Waals surface area contributed by atoms with E-state index in [1.807, 2.05) is 60.7 Å². The SMILES string of the molecule is O=C(NCCc1nnc(NC(=O)C2c3ccccc3Oc3ccccc32)s1)c1cccc(Br)c1. The molecule has 4 aromatic rings. The predicted molar refractivity (Wildman–Crippen MR) is 134 cm³/mol. The van der Waals surface area contributed by atoms with E-state index >= 15 is 0 Å². The van der Waals surface area contributed by atoms with Gasteiger partial charge in [-0.25, -0.2) is 0 Å². The number of rotatable bonds is 6. The summed E-state index contributed by atoms with van der Waals surface area (Å²) in [5.41, 5.74) is 2.19. The Morgan fingerprint density at radius 3 is 2.35 bits per heavy atom. The van der Waals surface area contributed by atoms with Gasteiger partial charge in [-0.05, 0) is 30.3 Å². The van der Waals surface area contributed by atoms with E-state index in [9.17, 15) is 9.59 Å². The molecule has 1 aliphatic heterocycles. The van der Waals surface area contributed by atoms with Crippen molar-refractivity contribution in [3.63, 3.8) is 0 Å². The van der Waals surface area contributed by atoms with Crippen LogP contribution in [0.3, 0.4) is 0 Å². The first kappa shape index (κ1) is 22.2. The van der Waals surface area contributed by atoms with Crippen molar-refractivity contribution in [2.45, 2.75) is 12.3 Å². The lowest BCUT2D eigenvalue weighted by Crippen LogP contribution is -2.25. The minimum absolute atomic E-state index is 0.156. The average molecular weight is 535 g/mol. The second-order valence-electron chi connectivity index (χ2n) is 7.62. The normalized spacial score (nSPS) is 12.3. The van der Waals surface area contributed by atoms with Gasteiger partial charge in [-0.1, -0.05) is 69.7 Å². The summed E-state index contributed by atoms with van der Waals surface area (Å²) in [7, 11) is 0. The highest BCUT2D eigenvalue weighted by Gasteiger charge is 2.32. The molecule has 1 aliphatic rings. The van der Waals surface area contributed by atoms with Gasteiger partial charge in [0.25, 0.3) is 5.91 Å². The fraction of sp³-hybridized carbons (Fsp3) is 0.120. The fourth-order valence-corrected chi connectivity index (χ4v) is 4.93. The highest BCUT2D eigenvalue weighted by atomic mass is 79.9. The molecule has 0 aliphatic carbocycles. The molecule has 2 amide bonds. The number of anilines is 1. The number of carbonyl (C=O) groups is 2. The van der Waals surface area contributed by atoms with Crippen molar-refractivity contribution in [2.75, 3.05) is 11.9 Å². The Morgan fingerprint density at radius 2 is 1.65 bits per heavy atom. The summed E-state index contributed by atoms with van der Waals surface area (Å²) in [6, 6.07) is 22.3. The molecule has 5 rings (SSSR count). The Bertz CT molecular complexity index is 1330. The topological polar surface area (TPSA) is 93.2 Å². The van der Waals surface area contributed by atoms with Crippen molar-refractivity contribution in [1.29, 1.82) is 0 Å². The molecule has 0 radical (unpaired) electrons. The molecule has 0 atom stereocenters. The largest absolute Gasteiger partial charge is 0.457 e. The number of benzene rings is 3. The van der Waals surface area contributed by atoms with Crippen LogP contribution in [0.5, 0.6) is 11.5 Å². The van der Waals surface area contributed by atoms with E-state index < -0.39 is 5.92 Å². The number of nitrogens with zero attached hydrogens (tertiary/aromatic N) is 2. The zero-order valence-corrected chi connectivity index (χ0v) is 20.2. The quantitative estimate of drug-likeness (QED) is 0.356. The molecule has 0 saturated carbocycles. The highest BCUT2D eigenvalue weighted by molar-refractivity contribution is 9.10. The van der Waals surface area contributed by atoms with Gasteiger partial charge in [0, 0.05) is 34.1 Å². The number of carbonyl (C=O) groups excluding carboxylic acids is 2. The standard InChI is InChI=1S/C25H19BrN4O3S/c26-16-7-5-6-15(14-16)23(31)27-13-12-21-29-30-25(34-21)28-24(32)22-17-8-1-3-10-19(17)33-20-11-4-2-9-18(20)22/h1-11,14,22H,12-13H2,(H,27,31)(H,28,30,32). The van der Waals surface area contributed by atoms with E-state index in [1.165, 1.54) is 11.3 Å². The molecular weight excluding hydrogens is 516 g/mol. The van der Waals surface area contributed by atoms with Crippen molar-refractivity contribution in [3.05, 3.63) is 99.0 Å². The van der Waals surface area contributed by atoms with E-state index in [0.717, 1.165) is 20.6 Å². The van der Waals surface area contributed by atoms with Gasteiger partial charge in [-0.3, -0.25) is 14.9 Å². The number of para-hydroxylation sites is 2. The molecule has 3 aromatic carbocycles. The third-order valence-electron chi connectivity index (χ3n) is 5.35. The third-order valence-corrected chi connectivity index (χ3v) is 6.74. The summed E-state index contributed by atoms with van der Waals surface area (Å²) in [5.74, 6) is 0.462. The number of hydrogen-bond acceptors (Lipinski definition) is 6. The smallest absolute Gasteiger partial charge is 0.251 e. The van der Waals surface area contributed by atoms with Crippen molar-refractivity contribution < 1.29 is 14.3 Å². The van der Waals surface area contributed by atoms with E-state index in [0.29, 0.717) is 35.2 Å². The summed E-state index contributed by atoms with van der Waals surface area (Å²) in [6.45, 7) is 0.411. The fourth-order valence-electron chi connectivity index (χ4n) is 3.79. The summed E-state index contributed by atoms with van der Waals surface area (Å²) in [5, 5.41) is 15.2. The van der Waals surface area contributed by atoms with Crippen LogP contribution in [-0.2, 0) is 11.2 Å². The lowest BCUT2D eigenvalue weighted by atomic mass is 9.87. The van der Waals surface area contributed by atoms with Crippen molar-refractivity contribution >= 4 is 44.2 Å². The molecule has 34 heavy (non-hydrogen) atoms. The summed E-state index contributed by atoms with van der Waals surface area (Å²) in [6.07, 6.45) is 0.510. The minimum Gasteiger partial charge on any atom is -0.457 e. The predicted octanol–water partition coefficient (Wildman–Crippen LogP) is 5.15. The van der Waals surface area contributed by atoms with Crippen LogP contribution in [0, 0.1) is 0 Å². The number of halogens is 1. The zero-order valence-electron chi connectivity index (χ0n) is 17.8.